The SMILES string of the molecule is Cc1ccc2c(c1)CN(C(N)=NC1CCCCC1)C2. The van der Waals surface area contributed by atoms with Crippen molar-refractivity contribution in [2.45, 2.75) is 58.2 Å². The van der Waals surface area contributed by atoms with Crippen LogP contribution in [0.25, 0.3) is 0 Å². The van der Waals surface area contributed by atoms with Crippen LogP contribution in [0.4, 0.5) is 0 Å². The van der Waals surface area contributed by atoms with Crippen molar-refractivity contribution in [1.29, 1.82) is 0 Å². The first-order chi connectivity index (χ1) is 9.22. The number of fused-ring (bicyclic) bond motifs is 1. The van der Waals surface area contributed by atoms with E-state index in [0.717, 1.165) is 19.0 Å². The normalized spacial score (nSPS) is 20.7. The lowest BCUT2D eigenvalue weighted by atomic mass is 9.96. The van der Waals surface area contributed by atoms with Crippen molar-refractivity contribution in [3.63, 3.8) is 0 Å². The lowest BCUT2D eigenvalue weighted by molar-refractivity contribution is 0.411. The third-order valence-corrected chi connectivity index (χ3v) is 4.30. The molecule has 3 rings (SSSR count). The Kier molecular flexibility index (Phi) is 3.45. The van der Waals surface area contributed by atoms with Gasteiger partial charge in [0.2, 0.25) is 0 Å². The molecule has 1 aromatic carbocycles. The van der Waals surface area contributed by atoms with Gasteiger partial charge in [0.25, 0.3) is 0 Å². The monoisotopic (exact) mass is 257 g/mol. The first-order valence-electron chi connectivity index (χ1n) is 7.39. The summed E-state index contributed by atoms with van der Waals surface area (Å²) in [6.45, 7) is 3.97. The van der Waals surface area contributed by atoms with Crippen molar-refractivity contribution in [2.24, 2.45) is 10.7 Å². The first kappa shape index (κ1) is 12.5. The summed E-state index contributed by atoms with van der Waals surface area (Å²) in [6.07, 6.45) is 6.39. The van der Waals surface area contributed by atoms with E-state index in [4.69, 9.17) is 10.7 Å². The maximum atomic E-state index is 6.20. The van der Waals surface area contributed by atoms with Crippen LogP contribution in [0, 0.1) is 6.92 Å². The minimum atomic E-state index is 0.458. The molecule has 0 bridgehead atoms. The highest BCUT2D eigenvalue weighted by Crippen LogP contribution is 2.25. The van der Waals surface area contributed by atoms with Gasteiger partial charge in [-0.25, -0.2) is 4.99 Å². The minimum absolute atomic E-state index is 0.458. The van der Waals surface area contributed by atoms with Crippen LogP contribution in [0.1, 0.15) is 48.8 Å². The van der Waals surface area contributed by atoms with Crippen LogP contribution in [-0.2, 0) is 13.1 Å². The molecule has 3 heteroatoms. The number of benzene rings is 1. The fourth-order valence-electron chi connectivity index (χ4n) is 3.16. The van der Waals surface area contributed by atoms with E-state index in [9.17, 15) is 0 Å². The highest BCUT2D eigenvalue weighted by Gasteiger charge is 2.21. The van der Waals surface area contributed by atoms with Crippen molar-refractivity contribution < 1.29 is 0 Å². The van der Waals surface area contributed by atoms with Crippen molar-refractivity contribution >= 4 is 5.96 Å². The molecule has 102 valence electrons. The van der Waals surface area contributed by atoms with Crippen LogP contribution >= 0.6 is 0 Å². The quantitative estimate of drug-likeness (QED) is 0.621. The molecule has 0 radical (unpaired) electrons. The molecule has 2 aliphatic rings. The van der Waals surface area contributed by atoms with Gasteiger partial charge in [0.05, 0.1) is 6.04 Å². The average molecular weight is 257 g/mol. The molecule has 0 saturated heterocycles. The molecule has 1 heterocycles. The lowest BCUT2D eigenvalue weighted by Crippen LogP contribution is -2.34. The van der Waals surface area contributed by atoms with E-state index >= 15 is 0 Å². The summed E-state index contributed by atoms with van der Waals surface area (Å²) in [5.74, 6) is 0.737. The summed E-state index contributed by atoms with van der Waals surface area (Å²) < 4.78 is 0. The third-order valence-electron chi connectivity index (χ3n) is 4.30. The third kappa shape index (κ3) is 2.75. The fraction of sp³-hybridized carbons (Fsp3) is 0.562. The Bertz CT molecular complexity index is 487. The fourth-order valence-corrected chi connectivity index (χ4v) is 3.16. The van der Waals surface area contributed by atoms with E-state index in [1.165, 1.54) is 48.8 Å². The summed E-state index contributed by atoms with van der Waals surface area (Å²) in [5.41, 5.74) is 10.3. The molecule has 19 heavy (non-hydrogen) atoms. The number of aliphatic imine (C=N–C) groups is 1. The molecule has 0 unspecified atom stereocenters. The van der Waals surface area contributed by atoms with E-state index in [1.54, 1.807) is 0 Å². The zero-order chi connectivity index (χ0) is 13.2. The summed E-state index contributed by atoms with van der Waals surface area (Å²) in [7, 11) is 0. The Balaban J connectivity index is 1.69. The van der Waals surface area contributed by atoms with Crippen molar-refractivity contribution in [1.82, 2.24) is 4.90 Å². The summed E-state index contributed by atoms with van der Waals surface area (Å²) in [5, 5.41) is 0. The standard InChI is InChI=1S/C16H23N3/c1-12-7-8-13-10-19(11-14(13)9-12)16(17)18-15-5-3-2-4-6-15/h7-9,15H,2-6,10-11H2,1H3,(H2,17,18). The Hall–Kier alpha value is -1.51. The van der Waals surface area contributed by atoms with Crippen LogP contribution in [-0.4, -0.2) is 16.9 Å². The predicted octanol–water partition coefficient (Wildman–Crippen LogP) is 2.96. The number of hydrogen-bond donors (Lipinski definition) is 1. The van der Waals surface area contributed by atoms with Gasteiger partial charge in [-0.1, -0.05) is 43.0 Å². The van der Waals surface area contributed by atoms with E-state index in [-0.39, 0.29) is 0 Å². The maximum absolute atomic E-state index is 6.20. The Morgan fingerprint density at radius 2 is 1.89 bits per heavy atom. The van der Waals surface area contributed by atoms with Crippen molar-refractivity contribution in [3.8, 4) is 0 Å². The first-order valence-corrected chi connectivity index (χ1v) is 7.39. The van der Waals surface area contributed by atoms with Gasteiger partial charge in [-0.05, 0) is 30.9 Å². The number of guanidine groups is 1. The summed E-state index contributed by atoms with van der Waals surface area (Å²) in [4.78, 5) is 6.95. The molecule has 1 aliphatic carbocycles. The second-order valence-electron chi connectivity index (χ2n) is 5.91. The Morgan fingerprint density at radius 3 is 2.68 bits per heavy atom. The molecule has 1 aromatic rings. The minimum Gasteiger partial charge on any atom is -0.370 e. The topological polar surface area (TPSA) is 41.6 Å². The maximum Gasteiger partial charge on any atom is 0.192 e. The average Bonchev–Trinajstić information content (AvgIpc) is 2.83. The number of aryl methyl sites for hydroxylation is 1. The smallest absolute Gasteiger partial charge is 0.192 e. The molecular weight excluding hydrogens is 234 g/mol. The molecule has 0 aromatic heterocycles. The van der Waals surface area contributed by atoms with Gasteiger partial charge in [0.1, 0.15) is 0 Å². The molecule has 1 aliphatic heterocycles. The molecule has 0 amide bonds. The molecule has 1 fully saturated rings. The number of nitrogens with two attached hydrogens (primary N) is 1. The summed E-state index contributed by atoms with van der Waals surface area (Å²) in [6, 6.07) is 7.12. The van der Waals surface area contributed by atoms with Crippen LogP contribution in [0.2, 0.25) is 0 Å². The van der Waals surface area contributed by atoms with Crippen LogP contribution in [0.5, 0.6) is 0 Å². The van der Waals surface area contributed by atoms with Crippen molar-refractivity contribution in [3.05, 3.63) is 34.9 Å². The second-order valence-corrected chi connectivity index (χ2v) is 5.91. The number of hydrogen-bond acceptors (Lipinski definition) is 1. The number of rotatable bonds is 1. The van der Waals surface area contributed by atoms with E-state index in [1.807, 2.05) is 0 Å². The van der Waals surface area contributed by atoms with E-state index in [2.05, 4.69) is 30.0 Å². The zero-order valence-electron chi connectivity index (χ0n) is 11.7. The van der Waals surface area contributed by atoms with Gasteiger partial charge in [-0.2, -0.15) is 0 Å². The number of nitrogens with zero attached hydrogens (tertiary/aromatic N) is 2. The largest absolute Gasteiger partial charge is 0.370 e. The van der Waals surface area contributed by atoms with Crippen LogP contribution in [0.3, 0.4) is 0 Å². The Morgan fingerprint density at radius 1 is 1.16 bits per heavy atom. The second kappa shape index (κ2) is 5.24. The highest BCUT2D eigenvalue weighted by atomic mass is 15.3. The van der Waals surface area contributed by atoms with E-state index in [0.29, 0.717) is 6.04 Å². The molecule has 1 saturated carbocycles. The molecular formula is C16H23N3. The molecule has 0 atom stereocenters. The van der Waals surface area contributed by atoms with Gasteiger partial charge in [-0.15, -0.1) is 0 Å². The zero-order valence-corrected chi connectivity index (χ0v) is 11.7. The van der Waals surface area contributed by atoms with Gasteiger partial charge in [0, 0.05) is 13.1 Å². The van der Waals surface area contributed by atoms with Crippen LogP contribution < -0.4 is 5.73 Å². The van der Waals surface area contributed by atoms with Gasteiger partial charge in [0.15, 0.2) is 5.96 Å². The predicted molar refractivity (Wildman–Crippen MR) is 78.9 cm³/mol. The molecule has 2 N–H and O–H groups in total. The van der Waals surface area contributed by atoms with Crippen molar-refractivity contribution in [2.75, 3.05) is 0 Å². The molecule has 0 spiro atoms. The Labute approximate surface area is 115 Å². The molecule has 3 nitrogen and oxygen atoms in total. The summed E-state index contributed by atoms with van der Waals surface area (Å²) >= 11 is 0. The van der Waals surface area contributed by atoms with Gasteiger partial charge in [-0.3, -0.25) is 0 Å². The van der Waals surface area contributed by atoms with Gasteiger partial charge >= 0.3 is 0 Å². The van der Waals surface area contributed by atoms with E-state index < -0.39 is 0 Å². The lowest BCUT2D eigenvalue weighted by Gasteiger charge is -2.22. The van der Waals surface area contributed by atoms with Crippen LogP contribution in [0.15, 0.2) is 23.2 Å². The highest BCUT2D eigenvalue weighted by molar-refractivity contribution is 5.79. The van der Waals surface area contributed by atoms with Gasteiger partial charge < -0.3 is 10.6 Å².